The molecule has 1 unspecified atom stereocenters. The van der Waals surface area contributed by atoms with Crippen molar-refractivity contribution in [3.05, 3.63) is 108 Å². The Hall–Kier alpha value is -1.31. The molecule has 0 N–H and O–H groups in total. The van der Waals surface area contributed by atoms with Gasteiger partial charge in [0.05, 0.1) is 0 Å². The van der Waals surface area contributed by atoms with E-state index in [2.05, 4.69) is 150 Å². The molecule has 0 aromatic heterocycles. The average molecular weight is 723 g/mol. The number of halogens is 2. The second-order valence-electron chi connectivity index (χ2n) is 16.1. The van der Waals surface area contributed by atoms with Gasteiger partial charge in [0.25, 0.3) is 0 Å². The molecule has 44 heavy (non-hydrogen) atoms. The Balaban J connectivity index is 0.00000264. The molecule has 3 aromatic rings. The van der Waals surface area contributed by atoms with Crippen LogP contribution in [0.2, 0.25) is 19.6 Å². The van der Waals surface area contributed by atoms with E-state index in [1.165, 1.54) is 33.4 Å². The predicted molar refractivity (Wildman–Crippen MR) is 186 cm³/mol. The molecule has 3 aromatic carbocycles. The Morgan fingerprint density at radius 3 is 1.91 bits per heavy atom. The molecule has 0 amide bonds. The van der Waals surface area contributed by atoms with Crippen molar-refractivity contribution in [2.24, 2.45) is 5.92 Å². The minimum absolute atomic E-state index is 0. The van der Waals surface area contributed by atoms with Crippen LogP contribution in [0.5, 0.6) is 0 Å². The van der Waals surface area contributed by atoms with Crippen LogP contribution in [-0.2, 0) is 38.5 Å². The minimum atomic E-state index is -2.65. The third-order valence-corrected chi connectivity index (χ3v) is 20.3. The first-order valence-corrected chi connectivity index (χ1v) is 23.1. The number of hydrogen-bond donors (Lipinski definition) is 0. The third kappa shape index (κ3) is 6.86. The molecule has 2 aliphatic rings. The van der Waals surface area contributed by atoms with Crippen LogP contribution in [-0.4, -0.2) is 11.3 Å². The van der Waals surface area contributed by atoms with Gasteiger partial charge in [-0.05, 0) is 0 Å². The molecule has 0 spiro atoms. The van der Waals surface area contributed by atoms with E-state index in [1.807, 2.05) is 3.28 Å². The topological polar surface area (TPSA) is 0 Å². The van der Waals surface area contributed by atoms with Crippen molar-refractivity contribution in [2.75, 3.05) is 0 Å². The van der Waals surface area contributed by atoms with Crippen LogP contribution in [0.25, 0.3) is 11.1 Å². The van der Waals surface area contributed by atoms with Crippen LogP contribution in [0.15, 0.2) is 74.7 Å². The number of aryl methyl sites for hydroxylation is 1. The first-order chi connectivity index (χ1) is 19.4. The van der Waals surface area contributed by atoms with E-state index in [1.54, 1.807) is 28.4 Å². The van der Waals surface area contributed by atoms with Crippen molar-refractivity contribution < 1.29 is 46.1 Å². The van der Waals surface area contributed by atoms with Gasteiger partial charge in [0.2, 0.25) is 0 Å². The maximum atomic E-state index is 2.67. The Kier molecular flexibility index (Phi) is 11.0. The maximum Gasteiger partial charge on any atom is -1.00 e. The molecule has 0 fully saturated rings. The Morgan fingerprint density at radius 1 is 0.795 bits per heavy atom. The molecule has 0 heterocycles. The molecule has 4 heteroatoms. The normalized spacial score (nSPS) is 16.5. The number of allylic oxidation sites excluding steroid dienone is 4. The molecule has 234 valence electrons. The van der Waals surface area contributed by atoms with Crippen LogP contribution in [0.1, 0.15) is 95.7 Å². The van der Waals surface area contributed by atoms with Gasteiger partial charge < -0.3 is 24.8 Å². The third-order valence-electron chi connectivity index (χ3n) is 9.62. The fourth-order valence-corrected chi connectivity index (χ4v) is 19.0. The molecule has 0 saturated carbocycles. The monoisotopic (exact) mass is 720 g/mol. The van der Waals surface area contributed by atoms with E-state index in [4.69, 9.17) is 0 Å². The largest absolute Gasteiger partial charge is 1.00 e. The number of rotatable bonds is 4. The molecule has 0 saturated heterocycles. The van der Waals surface area contributed by atoms with E-state index in [-0.39, 0.29) is 35.6 Å². The summed E-state index contributed by atoms with van der Waals surface area (Å²) in [6.07, 6.45) is 3.73. The van der Waals surface area contributed by atoms with Crippen molar-refractivity contribution in [3.8, 4) is 11.1 Å². The van der Waals surface area contributed by atoms with Crippen molar-refractivity contribution in [1.82, 2.24) is 0 Å². The van der Waals surface area contributed by atoms with Crippen LogP contribution in [0.4, 0.5) is 0 Å². The molecule has 5 rings (SSSR count). The van der Waals surface area contributed by atoms with E-state index >= 15 is 0 Å². The summed E-state index contributed by atoms with van der Waals surface area (Å²) in [4.78, 5) is 0. The van der Waals surface area contributed by atoms with Crippen molar-refractivity contribution in [2.45, 2.75) is 106 Å². The number of benzene rings is 3. The molecule has 1 atom stereocenters. The van der Waals surface area contributed by atoms with Crippen molar-refractivity contribution in [3.63, 3.8) is 0 Å². The summed E-state index contributed by atoms with van der Waals surface area (Å²) < 4.78 is 5.26. The van der Waals surface area contributed by atoms with Gasteiger partial charge >= 0.3 is 267 Å². The molecule has 0 nitrogen and oxygen atoms in total. The van der Waals surface area contributed by atoms with Gasteiger partial charge in [-0.1, -0.05) is 0 Å². The summed E-state index contributed by atoms with van der Waals surface area (Å²) in [6, 6.07) is 21.7. The summed E-state index contributed by atoms with van der Waals surface area (Å²) in [5.41, 5.74) is 13.8. The molecule has 2 aliphatic carbocycles. The van der Waals surface area contributed by atoms with E-state index in [0.29, 0.717) is 5.92 Å². The van der Waals surface area contributed by atoms with Gasteiger partial charge in [0, 0.05) is 0 Å². The maximum absolute atomic E-state index is 2.67. The summed E-state index contributed by atoms with van der Waals surface area (Å²) >= 11 is -2.65. The van der Waals surface area contributed by atoms with Crippen LogP contribution >= 0.6 is 0 Å². The Labute approximate surface area is 289 Å². The predicted octanol–water partition coefficient (Wildman–Crippen LogP) is 4.38. The zero-order valence-corrected chi connectivity index (χ0v) is 34.3. The van der Waals surface area contributed by atoms with Crippen LogP contribution in [0, 0.1) is 12.8 Å². The fourth-order valence-electron chi connectivity index (χ4n) is 7.30. The zero-order chi connectivity index (χ0) is 30.9. The van der Waals surface area contributed by atoms with Crippen molar-refractivity contribution in [1.29, 1.82) is 0 Å². The van der Waals surface area contributed by atoms with Crippen LogP contribution in [0.3, 0.4) is 0 Å². The molecule has 0 radical (unpaired) electrons. The number of fused-ring (bicyclic) bond motifs is 3. The van der Waals surface area contributed by atoms with Crippen LogP contribution < -0.4 is 28.1 Å². The summed E-state index contributed by atoms with van der Waals surface area (Å²) in [7, 11) is -1.46. The quantitative estimate of drug-likeness (QED) is 0.275. The molecule has 0 aliphatic heterocycles. The summed E-state index contributed by atoms with van der Waals surface area (Å²) in [6.45, 7) is 31.6. The van der Waals surface area contributed by atoms with E-state index < -0.39 is 29.3 Å². The SMILES string of the molecule is CC1=[C](/[Zr+2](=[C](\C)c2ccc(C)cc2)[c]2c(C(C)(C)C)ccc3c2Cc2cc(C(C)(C)C)ccc2-3)C(C)C=C1[Si](C)(C)C.[Cl-].[Cl-]. The first kappa shape index (κ1) is 37.2. The second kappa shape index (κ2) is 13.1. The van der Waals surface area contributed by atoms with Gasteiger partial charge in [-0.2, -0.15) is 0 Å². The number of hydrogen-bond acceptors (Lipinski definition) is 0. The molecule has 0 bridgehead atoms. The second-order valence-corrected chi connectivity index (χ2v) is 27.4. The van der Waals surface area contributed by atoms with Gasteiger partial charge in [0.1, 0.15) is 0 Å². The standard InChI is InChI=1S/C21H25.C10H17Si.C9H10.2ClH.Zr/c1-20(2,3)16-7-9-18-14(12-16)11-15-13-17(21(4,5)6)8-10-19(15)18;1-8-6-9(2)10(7-8)11(3,4)5;1-3-9-6-4-8(2)5-7-9;;;/h7-10,12H,11H2,1-6H3;7-8H,1-5H3;4-7H,1-2H3;2*1H;/q;;;;;+2/p-2. The fraction of sp³-hybridized carbons (Fsp3) is 0.425. The molecular formula is C40H52Cl2SiZr. The summed E-state index contributed by atoms with van der Waals surface area (Å²) in [5, 5.41) is 1.70. The minimum Gasteiger partial charge on any atom is -1.00 e. The van der Waals surface area contributed by atoms with E-state index in [0.717, 1.165) is 6.42 Å². The van der Waals surface area contributed by atoms with Gasteiger partial charge in [-0.25, -0.2) is 0 Å². The molecular weight excluding hydrogens is 671 g/mol. The zero-order valence-electron chi connectivity index (χ0n) is 29.3. The van der Waals surface area contributed by atoms with Gasteiger partial charge in [-0.3, -0.25) is 0 Å². The van der Waals surface area contributed by atoms with Crippen molar-refractivity contribution >= 4 is 14.6 Å². The van der Waals surface area contributed by atoms with E-state index in [9.17, 15) is 0 Å². The first-order valence-electron chi connectivity index (χ1n) is 15.9. The smallest absolute Gasteiger partial charge is 1.00 e. The Bertz CT molecular complexity index is 1670. The average Bonchev–Trinajstić information content (AvgIpc) is 3.40. The Morgan fingerprint density at radius 2 is 1.39 bits per heavy atom. The van der Waals surface area contributed by atoms with Gasteiger partial charge in [0.15, 0.2) is 0 Å². The van der Waals surface area contributed by atoms with Gasteiger partial charge in [-0.15, -0.1) is 0 Å². The summed E-state index contributed by atoms with van der Waals surface area (Å²) in [5.74, 6) is 0.515.